The summed E-state index contributed by atoms with van der Waals surface area (Å²) >= 11 is 1.14. The van der Waals surface area contributed by atoms with Gasteiger partial charge in [-0.15, -0.1) is 11.3 Å². The van der Waals surface area contributed by atoms with E-state index in [-0.39, 0.29) is 10.5 Å². The summed E-state index contributed by atoms with van der Waals surface area (Å²) in [6.07, 6.45) is 0. The number of nitrogens with zero attached hydrogens (tertiary/aromatic N) is 2. The van der Waals surface area contributed by atoms with E-state index in [1.807, 2.05) is 0 Å². The number of fused-ring (bicyclic) bond motifs is 1. The largest absolute Gasteiger partial charge is 0.492 e. The van der Waals surface area contributed by atoms with Crippen molar-refractivity contribution >= 4 is 22.2 Å². The number of amides is 1. The molecular formula is C15H11F2N3O3S. The SMILES string of the molecule is Cc1csc2nc(O)c(C(=O)NCc3c(F)cccc3F)c(=O)n12. The van der Waals surface area contributed by atoms with E-state index in [2.05, 4.69) is 10.3 Å². The van der Waals surface area contributed by atoms with Crippen molar-refractivity contribution in [3.63, 3.8) is 0 Å². The third-order valence-electron chi connectivity index (χ3n) is 3.44. The molecule has 0 aliphatic carbocycles. The number of aromatic hydroxyl groups is 1. The average Bonchev–Trinajstić information content (AvgIpc) is 2.88. The summed E-state index contributed by atoms with van der Waals surface area (Å²) in [5.74, 6) is -3.34. The second-order valence-corrected chi connectivity index (χ2v) is 5.83. The van der Waals surface area contributed by atoms with Crippen LogP contribution < -0.4 is 10.9 Å². The van der Waals surface area contributed by atoms with E-state index in [0.29, 0.717) is 5.69 Å². The third kappa shape index (κ3) is 2.62. The van der Waals surface area contributed by atoms with Crippen molar-refractivity contribution in [2.45, 2.75) is 13.5 Å². The van der Waals surface area contributed by atoms with Crippen LogP contribution in [0.5, 0.6) is 5.88 Å². The van der Waals surface area contributed by atoms with Gasteiger partial charge in [0.1, 0.15) is 11.6 Å². The first-order valence-corrected chi connectivity index (χ1v) is 7.69. The maximum Gasteiger partial charge on any atom is 0.275 e. The van der Waals surface area contributed by atoms with E-state index in [0.717, 1.165) is 23.5 Å². The van der Waals surface area contributed by atoms with Gasteiger partial charge in [0.15, 0.2) is 10.5 Å². The Balaban J connectivity index is 1.95. The Morgan fingerprint density at radius 1 is 1.38 bits per heavy atom. The smallest absolute Gasteiger partial charge is 0.275 e. The lowest BCUT2D eigenvalue weighted by molar-refractivity contribution is 0.0945. The van der Waals surface area contributed by atoms with Gasteiger partial charge in [0.05, 0.1) is 0 Å². The molecule has 0 saturated carbocycles. The molecule has 2 aromatic heterocycles. The van der Waals surface area contributed by atoms with Crippen LogP contribution in [0.1, 0.15) is 21.6 Å². The van der Waals surface area contributed by atoms with Gasteiger partial charge in [-0.05, 0) is 19.1 Å². The highest BCUT2D eigenvalue weighted by Gasteiger charge is 2.21. The van der Waals surface area contributed by atoms with Crippen LogP contribution in [0.15, 0.2) is 28.4 Å². The molecule has 24 heavy (non-hydrogen) atoms. The van der Waals surface area contributed by atoms with Crippen LogP contribution in [0.4, 0.5) is 8.78 Å². The number of hydrogen-bond acceptors (Lipinski definition) is 5. The monoisotopic (exact) mass is 351 g/mol. The van der Waals surface area contributed by atoms with Gasteiger partial charge in [-0.1, -0.05) is 6.07 Å². The second-order valence-electron chi connectivity index (χ2n) is 4.99. The molecule has 0 unspecified atom stereocenters. The van der Waals surface area contributed by atoms with Crippen molar-refractivity contribution in [2.24, 2.45) is 0 Å². The first-order valence-electron chi connectivity index (χ1n) is 6.81. The summed E-state index contributed by atoms with van der Waals surface area (Å²) in [4.78, 5) is 28.6. The fourth-order valence-electron chi connectivity index (χ4n) is 2.23. The van der Waals surface area contributed by atoms with Crippen LogP contribution in [0.3, 0.4) is 0 Å². The van der Waals surface area contributed by atoms with Crippen molar-refractivity contribution in [2.75, 3.05) is 0 Å². The lowest BCUT2D eigenvalue weighted by Crippen LogP contribution is -2.32. The summed E-state index contributed by atoms with van der Waals surface area (Å²) < 4.78 is 28.3. The lowest BCUT2D eigenvalue weighted by Gasteiger charge is -2.08. The van der Waals surface area contributed by atoms with E-state index in [1.165, 1.54) is 10.5 Å². The summed E-state index contributed by atoms with van der Waals surface area (Å²) in [5, 5.41) is 13.7. The quantitative estimate of drug-likeness (QED) is 0.756. The van der Waals surface area contributed by atoms with Crippen molar-refractivity contribution in [3.8, 4) is 5.88 Å². The highest BCUT2D eigenvalue weighted by molar-refractivity contribution is 7.15. The van der Waals surface area contributed by atoms with Crippen molar-refractivity contribution in [3.05, 3.63) is 62.4 Å². The Hall–Kier alpha value is -2.81. The Morgan fingerprint density at radius 3 is 2.71 bits per heavy atom. The highest BCUT2D eigenvalue weighted by Crippen LogP contribution is 2.18. The molecule has 0 atom stereocenters. The standard InChI is InChI=1S/C15H11F2N3O3S/c1-7-6-24-15-19-13(22)11(14(23)20(7)15)12(21)18-5-8-9(16)3-2-4-10(8)17/h2-4,6,22H,5H2,1H3,(H,18,21). The number of nitrogens with one attached hydrogen (secondary N) is 1. The zero-order chi connectivity index (χ0) is 17.4. The molecule has 3 aromatic rings. The van der Waals surface area contributed by atoms with Gasteiger partial charge in [0.2, 0.25) is 5.88 Å². The van der Waals surface area contributed by atoms with Gasteiger partial charge in [0, 0.05) is 23.2 Å². The maximum absolute atomic E-state index is 13.6. The Kier molecular flexibility index (Phi) is 4.02. The molecule has 0 aliphatic heterocycles. The van der Waals surface area contributed by atoms with E-state index < -0.39 is 41.1 Å². The van der Waals surface area contributed by atoms with Crippen LogP contribution in [-0.4, -0.2) is 20.4 Å². The summed E-state index contributed by atoms with van der Waals surface area (Å²) in [6.45, 7) is 1.18. The van der Waals surface area contributed by atoms with E-state index in [4.69, 9.17) is 0 Å². The molecule has 124 valence electrons. The summed E-state index contributed by atoms with van der Waals surface area (Å²) in [6, 6.07) is 3.31. The number of benzene rings is 1. The molecule has 6 nitrogen and oxygen atoms in total. The predicted molar refractivity (Wildman–Crippen MR) is 83.3 cm³/mol. The normalized spacial score (nSPS) is 11.0. The summed E-state index contributed by atoms with van der Waals surface area (Å²) in [7, 11) is 0. The first-order chi connectivity index (χ1) is 11.4. The molecule has 0 saturated heterocycles. The number of carbonyl (C=O) groups excluding carboxylic acids is 1. The first kappa shape index (κ1) is 16.1. The van der Waals surface area contributed by atoms with Gasteiger partial charge in [-0.2, -0.15) is 4.98 Å². The van der Waals surface area contributed by atoms with Gasteiger partial charge >= 0.3 is 0 Å². The highest BCUT2D eigenvalue weighted by atomic mass is 32.1. The van der Waals surface area contributed by atoms with E-state index >= 15 is 0 Å². The Labute approximate surface area is 138 Å². The number of thiazole rings is 1. The number of hydrogen-bond donors (Lipinski definition) is 2. The molecule has 9 heteroatoms. The maximum atomic E-state index is 13.6. The fourth-order valence-corrected chi connectivity index (χ4v) is 3.08. The molecule has 2 N–H and O–H groups in total. The number of aryl methyl sites for hydroxylation is 1. The zero-order valence-electron chi connectivity index (χ0n) is 12.3. The van der Waals surface area contributed by atoms with Crippen LogP contribution in [0, 0.1) is 18.6 Å². The van der Waals surface area contributed by atoms with Crippen LogP contribution in [0.2, 0.25) is 0 Å². The number of carbonyl (C=O) groups is 1. The van der Waals surface area contributed by atoms with Gasteiger partial charge in [0.25, 0.3) is 11.5 Å². The molecule has 0 spiro atoms. The van der Waals surface area contributed by atoms with Crippen molar-refractivity contribution in [1.82, 2.24) is 14.7 Å². The van der Waals surface area contributed by atoms with Crippen molar-refractivity contribution in [1.29, 1.82) is 0 Å². The molecule has 1 amide bonds. The molecule has 0 bridgehead atoms. The van der Waals surface area contributed by atoms with Gasteiger partial charge in [-0.3, -0.25) is 14.0 Å². The minimum Gasteiger partial charge on any atom is -0.492 e. The molecule has 3 rings (SSSR count). The molecule has 2 heterocycles. The van der Waals surface area contributed by atoms with Crippen LogP contribution >= 0.6 is 11.3 Å². The van der Waals surface area contributed by atoms with Crippen LogP contribution in [0.25, 0.3) is 4.96 Å². The summed E-state index contributed by atoms with van der Waals surface area (Å²) in [5.41, 5.74) is -1.11. The van der Waals surface area contributed by atoms with E-state index in [1.54, 1.807) is 12.3 Å². The molecular weight excluding hydrogens is 340 g/mol. The average molecular weight is 351 g/mol. The minimum absolute atomic E-state index is 0.242. The second kappa shape index (κ2) is 6.00. The molecule has 1 aromatic carbocycles. The molecule has 0 radical (unpaired) electrons. The molecule has 0 aliphatic rings. The Morgan fingerprint density at radius 2 is 2.04 bits per heavy atom. The van der Waals surface area contributed by atoms with E-state index in [9.17, 15) is 23.5 Å². The third-order valence-corrected chi connectivity index (χ3v) is 4.38. The number of rotatable bonds is 3. The minimum atomic E-state index is -0.965. The molecule has 0 fully saturated rings. The number of aromatic nitrogens is 2. The van der Waals surface area contributed by atoms with Crippen molar-refractivity contribution < 1.29 is 18.7 Å². The fraction of sp³-hybridized carbons (Fsp3) is 0.133. The number of halogens is 2. The van der Waals surface area contributed by atoms with Gasteiger partial charge in [-0.25, -0.2) is 8.78 Å². The van der Waals surface area contributed by atoms with Gasteiger partial charge < -0.3 is 10.4 Å². The topological polar surface area (TPSA) is 83.7 Å². The van der Waals surface area contributed by atoms with Crippen LogP contribution in [-0.2, 0) is 6.54 Å². The zero-order valence-corrected chi connectivity index (χ0v) is 13.2. The lowest BCUT2D eigenvalue weighted by atomic mass is 10.2. The predicted octanol–water partition coefficient (Wildman–Crippen LogP) is 1.98. The Bertz CT molecular complexity index is 993.